The Balaban J connectivity index is 1.77. The Bertz CT molecular complexity index is 917. The summed E-state index contributed by atoms with van der Waals surface area (Å²) in [4.78, 5) is 22.7. The zero-order valence-electron chi connectivity index (χ0n) is 13.4. The maximum atomic E-state index is 11.6. The Hall–Kier alpha value is -3.55. The van der Waals surface area contributed by atoms with Crippen LogP contribution < -0.4 is 10.9 Å². The minimum Gasteiger partial charge on any atom is -0.461 e. The highest BCUT2D eigenvalue weighted by Crippen LogP contribution is 2.21. The van der Waals surface area contributed by atoms with Crippen molar-refractivity contribution in [2.75, 3.05) is 11.9 Å². The first-order valence-electron chi connectivity index (χ1n) is 7.60. The third-order valence-corrected chi connectivity index (χ3v) is 3.26. The molecule has 0 radical (unpaired) electrons. The summed E-state index contributed by atoms with van der Waals surface area (Å²) in [7, 11) is 0. The first-order chi connectivity index (χ1) is 12.2. The van der Waals surface area contributed by atoms with Gasteiger partial charge in [-0.05, 0) is 37.3 Å². The van der Waals surface area contributed by atoms with Crippen LogP contribution >= 0.6 is 0 Å². The molecule has 126 valence electrons. The molecule has 0 aliphatic carbocycles. The van der Waals surface area contributed by atoms with E-state index in [-0.39, 0.29) is 17.9 Å². The summed E-state index contributed by atoms with van der Waals surface area (Å²) < 4.78 is 4.87. The number of rotatable bonds is 5. The summed E-state index contributed by atoms with van der Waals surface area (Å²) in [5.74, 6) is -0.0210. The van der Waals surface area contributed by atoms with Crippen molar-refractivity contribution in [2.45, 2.75) is 6.92 Å². The van der Waals surface area contributed by atoms with Crippen molar-refractivity contribution in [3.8, 4) is 11.3 Å². The van der Waals surface area contributed by atoms with Gasteiger partial charge in [-0.1, -0.05) is 12.1 Å². The maximum absolute atomic E-state index is 11.6. The zero-order chi connectivity index (χ0) is 17.6. The van der Waals surface area contributed by atoms with Crippen LogP contribution in [0.2, 0.25) is 0 Å². The normalized spacial score (nSPS) is 10.3. The third kappa shape index (κ3) is 4.05. The molecule has 8 heteroatoms. The van der Waals surface area contributed by atoms with E-state index in [1.807, 2.05) is 24.3 Å². The summed E-state index contributed by atoms with van der Waals surface area (Å²) in [6.45, 7) is 2.01. The maximum Gasteiger partial charge on any atom is 0.358 e. The van der Waals surface area contributed by atoms with E-state index in [1.54, 1.807) is 25.1 Å². The van der Waals surface area contributed by atoms with E-state index in [0.717, 1.165) is 11.3 Å². The molecular formula is C17H15N5O3. The van der Waals surface area contributed by atoms with Crippen molar-refractivity contribution < 1.29 is 9.53 Å². The van der Waals surface area contributed by atoms with Gasteiger partial charge >= 0.3 is 5.97 Å². The van der Waals surface area contributed by atoms with Crippen LogP contribution in [0, 0.1) is 0 Å². The van der Waals surface area contributed by atoms with E-state index in [0.29, 0.717) is 11.5 Å². The first kappa shape index (κ1) is 16.3. The minimum atomic E-state index is -0.507. The molecular weight excluding hydrogens is 322 g/mol. The molecule has 0 spiro atoms. The SMILES string of the molecule is CCOC(=O)c1ccc(Nc2cccc(-c3ccc(=O)[nH]n3)c2)nn1. The highest BCUT2D eigenvalue weighted by atomic mass is 16.5. The van der Waals surface area contributed by atoms with E-state index in [4.69, 9.17) is 4.74 Å². The van der Waals surface area contributed by atoms with Crippen LogP contribution in [0.4, 0.5) is 11.5 Å². The fourth-order valence-electron chi connectivity index (χ4n) is 2.12. The molecule has 2 heterocycles. The Morgan fingerprint density at radius 1 is 1.16 bits per heavy atom. The van der Waals surface area contributed by atoms with Crippen molar-refractivity contribution in [2.24, 2.45) is 0 Å². The van der Waals surface area contributed by atoms with Gasteiger partial charge in [0.2, 0.25) is 0 Å². The van der Waals surface area contributed by atoms with Gasteiger partial charge in [0.25, 0.3) is 5.56 Å². The van der Waals surface area contributed by atoms with Crippen molar-refractivity contribution in [1.82, 2.24) is 20.4 Å². The van der Waals surface area contributed by atoms with Crippen LogP contribution in [0.3, 0.4) is 0 Å². The topological polar surface area (TPSA) is 110 Å². The lowest BCUT2D eigenvalue weighted by molar-refractivity contribution is 0.0518. The average molecular weight is 337 g/mol. The summed E-state index contributed by atoms with van der Waals surface area (Å²) in [5, 5.41) is 17.3. The van der Waals surface area contributed by atoms with Crippen LogP contribution in [-0.4, -0.2) is 33.0 Å². The molecule has 1 aromatic carbocycles. The summed E-state index contributed by atoms with van der Waals surface area (Å²) >= 11 is 0. The van der Waals surface area contributed by atoms with Gasteiger partial charge in [0.05, 0.1) is 12.3 Å². The van der Waals surface area contributed by atoms with Gasteiger partial charge in [-0.15, -0.1) is 10.2 Å². The van der Waals surface area contributed by atoms with Crippen molar-refractivity contribution in [3.05, 3.63) is 64.6 Å². The molecule has 0 unspecified atom stereocenters. The standard InChI is InChI=1S/C17H15N5O3/c1-2-25-17(24)14-6-8-15(21-20-14)18-12-5-3-4-11(10-12)13-7-9-16(23)22-19-13/h3-10H,2H2,1H3,(H,18,21)(H,22,23). The number of hydrogen-bond donors (Lipinski definition) is 2. The van der Waals surface area contributed by atoms with Crippen LogP contribution in [0.15, 0.2) is 53.3 Å². The fraction of sp³-hybridized carbons (Fsp3) is 0.118. The lowest BCUT2D eigenvalue weighted by atomic mass is 10.1. The molecule has 0 aliphatic rings. The Morgan fingerprint density at radius 2 is 2.04 bits per heavy atom. The molecule has 0 aliphatic heterocycles. The fourth-order valence-corrected chi connectivity index (χ4v) is 2.12. The summed E-state index contributed by atoms with van der Waals surface area (Å²) in [6, 6.07) is 13.7. The second kappa shape index (κ2) is 7.35. The molecule has 25 heavy (non-hydrogen) atoms. The number of H-pyrrole nitrogens is 1. The quantitative estimate of drug-likeness (QED) is 0.686. The molecule has 0 bridgehead atoms. The number of hydrogen-bond acceptors (Lipinski definition) is 7. The number of carbonyl (C=O) groups is 1. The van der Waals surface area contributed by atoms with Crippen LogP contribution in [0.5, 0.6) is 0 Å². The largest absolute Gasteiger partial charge is 0.461 e. The van der Waals surface area contributed by atoms with Crippen molar-refractivity contribution in [3.63, 3.8) is 0 Å². The lowest BCUT2D eigenvalue weighted by Gasteiger charge is -2.07. The van der Waals surface area contributed by atoms with Gasteiger partial charge in [0.15, 0.2) is 11.5 Å². The van der Waals surface area contributed by atoms with Crippen molar-refractivity contribution >= 4 is 17.5 Å². The molecule has 8 nitrogen and oxygen atoms in total. The zero-order valence-corrected chi connectivity index (χ0v) is 13.4. The number of anilines is 2. The summed E-state index contributed by atoms with van der Waals surface area (Å²) in [6.07, 6.45) is 0. The molecule has 3 rings (SSSR count). The van der Waals surface area contributed by atoms with E-state index in [1.165, 1.54) is 6.07 Å². The van der Waals surface area contributed by atoms with E-state index < -0.39 is 5.97 Å². The number of aromatic amines is 1. The molecule has 0 saturated heterocycles. The van der Waals surface area contributed by atoms with Gasteiger partial charge in [-0.25, -0.2) is 9.89 Å². The van der Waals surface area contributed by atoms with Crippen LogP contribution in [0.1, 0.15) is 17.4 Å². The second-order valence-electron chi connectivity index (χ2n) is 5.04. The Morgan fingerprint density at radius 3 is 2.72 bits per heavy atom. The molecule has 2 aromatic heterocycles. The third-order valence-electron chi connectivity index (χ3n) is 3.26. The van der Waals surface area contributed by atoms with Crippen LogP contribution in [0.25, 0.3) is 11.3 Å². The molecule has 3 aromatic rings. The highest BCUT2D eigenvalue weighted by molar-refractivity contribution is 5.87. The predicted molar refractivity (Wildman–Crippen MR) is 91.6 cm³/mol. The smallest absolute Gasteiger partial charge is 0.358 e. The van der Waals surface area contributed by atoms with E-state index >= 15 is 0 Å². The monoisotopic (exact) mass is 337 g/mol. The Labute approximate surface area is 142 Å². The number of carbonyl (C=O) groups excluding carboxylic acids is 1. The number of ether oxygens (including phenoxy) is 1. The molecule has 0 amide bonds. The predicted octanol–water partition coefficient (Wildman–Crippen LogP) is 2.15. The van der Waals surface area contributed by atoms with Gasteiger partial charge in [-0.3, -0.25) is 4.79 Å². The number of nitrogens with zero attached hydrogens (tertiary/aromatic N) is 3. The second-order valence-corrected chi connectivity index (χ2v) is 5.04. The van der Waals surface area contributed by atoms with Gasteiger partial charge in [-0.2, -0.15) is 5.10 Å². The Kier molecular flexibility index (Phi) is 4.79. The number of aromatic nitrogens is 4. The molecule has 2 N–H and O–H groups in total. The van der Waals surface area contributed by atoms with Crippen LogP contribution in [-0.2, 0) is 4.74 Å². The van der Waals surface area contributed by atoms with E-state index in [9.17, 15) is 9.59 Å². The molecule has 0 atom stereocenters. The number of esters is 1. The van der Waals surface area contributed by atoms with Gasteiger partial charge < -0.3 is 10.1 Å². The number of nitrogens with one attached hydrogen (secondary N) is 2. The lowest BCUT2D eigenvalue weighted by Crippen LogP contribution is -2.08. The summed E-state index contributed by atoms with van der Waals surface area (Å²) in [5.41, 5.74) is 2.14. The van der Waals surface area contributed by atoms with Gasteiger partial charge in [0.1, 0.15) is 0 Å². The molecule has 0 fully saturated rings. The minimum absolute atomic E-state index is 0.151. The first-order valence-corrected chi connectivity index (χ1v) is 7.60. The average Bonchev–Trinajstić information content (AvgIpc) is 2.63. The van der Waals surface area contributed by atoms with Gasteiger partial charge in [0, 0.05) is 17.3 Å². The highest BCUT2D eigenvalue weighted by Gasteiger charge is 2.09. The number of benzene rings is 1. The van der Waals surface area contributed by atoms with Crippen molar-refractivity contribution in [1.29, 1.82) is 0 Å². The van der Waals surface area contributed by atoms with E-state index in [2.05, 4.69) is 25.7 Å². The molecule has 0 saturated carbocycles.